The van der Waals surface area contributed by atoms with Gasteiger partial charge in [0.05, 0.1) is 0 Å². The summed E-state index contributed by atoms with van der Waals surface area (Å²) >= 11 is 0. The molecule has 2 heterocycles. The maximum absolute atomic E-state index is 12.1. The van der Waals surface area contributed by atoms with Crippen LogP contribution in [-0.4, -0.2) is 15.9 Å². The first-order valence-electron chi connectivity index (χ1n) is 7.18. The summed E-state index contributed by atoms with van der Waals surface area (Å²) in [4.78, 5) is 20.2. The highest BCUT2D eigenvalue weighted by atomic mass is 16.5. The van der Waals surface area contributed by atoms with Gasteiger partial charge in [0.25, 0.3) is 5.91 Å². The van der Waals surface area contributed by atoms with Crippen molar-refractivity contribution in [2.45, 2.75) is 6.54 Å². The Bertz CT molecular complexity index is 777. The second kappa shape index (κ2) is 7.17. The first-order valence-corrected chi connectivity index (χ1v) is 7.18. The minimum absolute atomic E-state index is 0.165. The van der Waals surface area contributed by atoms with E-state index in [1.165, 1.54) is 0 Å². The molecule has 2 aromatic heterocycles. The molecule has 0 fully saturated rings. The van der Waals surface area contributed by atoms with Crippen LogP contribution in [0.3, 0.4) is 0 Å². The first-order chi connectivity index (χ1) is 11.3. The molecule has 114 valence electrons. The molecule has 0 spiro atoms. The maximum atomic E-state index is 12.1. The second-order valence-corrected chi connectivity index (χ2v) is 4.80. The highest BCUT2D eigenvalue weighted by molar-refractivity contribution is 5.93. The van der Waals surface area contributed by atoms with Crippen molar-refractivity contribution >= 4 is 5.91 Å². The molecule has 0 aliphatic rings. The lowest BCUT2D eigenvalue weighted by atomic mass is 10.2. The van der Waals surface area contributed by atoms with Gasteiger partial charge in [0.1, 0.15) is 5.75 Å². The molecule has 1 aromatic carbocycles. The van der Waals surface area contributed by atoms with Crippen LogP contribution in [0.15, 0.2) is 73.2 Å². The number of aromatic nitrogens is 2. The number of hydrogen-bond acceptors (Lipinski definition) is 4. The predicted molar refractivity (Wildman–Crippen MR) is 86.2 cm³/mol. The summed E-state index contributed by atoms with van der Waals surface area (Å²) < 4.78 is 5.78. The van der Waals surface area contributed by atoms with E-state index in [0.717, 1.165) is 5.56 Å². The van der Waals surface area contributed by atoms with Gasteiger partial charge in [0.2, 0.25) is 5.88 Å². The van der Waals surface area contributed by atoms with Gasteiger partial charge in [-0.1, -0.05) is 24.3 Å². The number of para-hydroxylation sites is 1. The topological polar surface area (TPSA) is 64.1 Å². The molecule has 0 atom stereocenters. The van der Waals surface area contributed by atoms with Crippen LogP contribution in [-0.2, 0) is 6.54 Å². The van der Waals surface area contributed by atoms with Crippen molar-refractivity contribution in [3.05, 3.63) is 84.3 Å². The van der Waals surface area contributed by atoms with Crippen molar-refractivity contribution in [2.75, 3.05) is 0 Å². The Morgan fingerprint density at radius 3 is 2.52 bits per heavy atom. The molecule has 0 aliphatic heterocycles. The zero-order valence-electron chi connectivity index (χ0n) is 12.3. The second-order valence-electron chi connectivity index (χ2n) is 4.80. The van der Waals surface area contributed by atoms with Crippen molar-refractivity contribution in [1.82, 2.24) is 15.3 Å². The van der Waals surface area contributed by atoms with E-state index >= 15 is 0 Å². The largest absolute Gasteiger partial charge is 0.439 e. The Morgan fingerprint density at radius 2 is 1.74 bits per heavy atom. The summed E-state index contributed by atoms with van der Waals surface area (Å²) in [6, 6.07) is 16.4. The van der Waals surface area contributed by atoms with Crippen LogP contribution in [0.1, 0.15) is 15.9 Å². The third-order valence-corrected chi connectivity index (χ3v) is 3.19. The Kier molecular flexibility index (Phi) is 4.59. The van der Waals surface area contributed by atoms with E-state index in [1.807, 2.05) is 42.5 Å². The van der Waals surface area contributed by atoms with Gasteiger partial charge < -0.3 is 10.1 Å². The average molecular weight is 305 g/mol. The normalized spacial score (nSPS) is 10.1. The third kappa shape index (κ3) is 3.91. The molecular formula is C18H15N3O2. The SMILES string of the molecule is O=C(NCc1cccnc1Oc1ccccc1)c1ccncc1. The summed E-state index contributed by atoms with van der Waals surface area (Å²) in [7, 11) is 0. The van der Waals surface area contributed by atoms with Gasteiger partial charge in [-0.05, 0) is 30.3 Å². The molecule has 23 heavy (non-hydrogen) atoms. The highest BCUT2D eigenvalue weighted by Crippen LogP contribution is 2.22. The van der Waals surface area contributed by atoms with Crippen molar-refractivity contribution in [1.29, 1.82) is 0 Å². The number of amides is 1. The number of pyridine rings is 2. The van der Waals surface area contributed by atoms with Crippen LogP contribution in [0.5, 0.6) is 11.6 Å². The van der Waals surface area contributed by atoms with E-state index in [1.54, 1.807) is 30.7 Å². The lowest BCUT2D eigenvalue weighted by Gasteiger charge is -2.10. The molecule has 1 N–H and O–H groups in total. The van der Waals surface area contributed by atoms with Crippen molar-refractivity contribution < 1.29 is 9.53 Å². The summed E-state index contributed by atoms with van der Waals surface area (Å²) in [5.41, 5.74) is 1.37. The van der Waals surface area contributed by atoms with Crippen LogP contribution >= 0.6 is 0 Å². The van der Waals surface area contributed by atoms with E-state index in [4.69, 9.17) is 4.74 Å². The number of carbonyl (C=O) groups excluding carboxylic acids is 1. The molecule has 3 rings (SSSR count). The van der Waals surface area contributed by atoms with E-state index in [-0.39, 0.29) is 5.91 Å². The van der Waals surface area contributed by atoms with Gasteiger partial charge in [-0.25, -0.2) is 4.98 Å². The quantitative estimate of drug-likeness (QED) is 0.786. The Morgan fingerprint density at radius 1 is 0.957 bits per heavy atom. The van der Waals surface area contributed by atoms with E-state index in [9.17, 15) is 4.79 Å². The molecule has 0 saturated heterocycles. The van der Waals surface area contributed by atoms with E-state index < -0.39 is 0 Å². The van der Waals surface area contributed by atoms with Crippen LogP contribution in [0.25, 0.3) is 0 Å². The fourth-order valence-corrected chi connectivity index (χ4v) is 2.03. The number of benzene rings is 1. The van der Waals surface area contributed by atoms with E-state index in [2.05, 4.69) is 15.3 Å². The number of nitrogens with zero attached hydrogens (tertiary/aromatic N) is 2. The van der Waals surface area contributed by atoms with Crippen molar-refractivity contribution in [3.8, 4) is 11.6 Å². The minimum Gasteiger partial charge on any atom is -0.439 e. The lowest BCUT2D eigenvalue weighted by Crippen LogP contribution is -2.23. The number of hydrogen-bond donors (Lipinski definition) is 1. The predicted octanol–water partition coefficient (Wildman–Crippen LogP) is 3.20. The molecule has 0 saturated carbocycles. The van der Waals surface area contributed by atoms with Gasteiger partial charge >= 0.3 is 0 Å². The summed E-state index contributed by atoms with van der Waals surface area (Å²) in [6.07, 6.45) is 4.83. The average Bonchev–Trinajstić information content (AvgIpc) is 2.62. The number of ether oxygens (including phenoxy) is 1. The molecule has 0 unspecified atom stereocenters. The number of rotatable bonds is 5. The lowest BCUT2D eigenvalue weighted by molar-refractivity contribution is 0.0950. The van der Waals surface area contributed by atoms with Crippen molar-refractivity contribution in [3.63, 3.8) is 0 Å². The zero-order valence-corrected chi connectivity index (χ0v) is 12.3. The molecule has 3 aromatic rings. The molecule has 0 aliphatic carbocycles. The molecule has 1 amide bonds. The summed E-state index contributed by atoms with van der Waals surface area (Å²) in [5.74, 6) is 1.02. The fraction of sp³-hybridized carbons (Fsp3) is 0.0556. The number of carbonyl (C=O) groups is 1. The fourth-order valence-electron chi connectivity index (χ4n) is 2.03. The molecular weight excluding hydrogens is 290 g/mol. The van der Waals surface area contributed by atoms with Crippen molar-refractivity contribution in [2.24, 2.45) is 0 Å². The monoisotopic (exact) mass is 305 g/mol. The highest BCUT2D eigenvalue weighted by Gasteiger charge is 2.09. The van der Waals surface area contributed by atoms with Crippen LogP contribution in [0.2, 0.25) is 0 Å². The summed E-state index contributed by atoms with van der Waals surface area (Å²) in [5, 5.41) is 2.85. The van der Waals surface area contributed by atoms with Crippen LogP contribution < -0.4 is 10.1 Å². The third-order valence-electron chi connectivity index (χ3n) is 3.19. The minimum atomic E-state index is -0.165. The van der Waals surface area contributed by atoms with Crippen LogP contribution in [0, 0.1) is 0 Å². The standard InChI is InChI=1S/C18H15N3O2/c22-17(14-8-11-19-12-9-14)21-13-15-5-4-10-20-18(15)23-16-6-2-1-3-7-16/h1-12H,13H2,(H,21,22). The van der Waals surface area contributed by atoms with Crippen LogP contribution in [0.4, 0.5) is 0 Å². The first kappa shape index (κ1) is 14.7. The van der Waals surface area contributed by atoms with Gasteiger partial charge in [-0.2, -0.15) is 0 Å². The van der Waals surface area contributed by atoms with E-state index in [0.29, 0.717) is 23.7 Å². The van der Waals surface area contributed by atoms with Gasteiger partial charge in [0, 0.05) is 36.3 Å². The Balaban J connectivity index is 1.70. The Hall–Kier alpha value is -3.21. The smallest absolute Gasteiger partial charge is 0.251 e. The molecule has 5 heteroatoms. The Labute approximate surface area is 134 Å². The zero-order chi connectivity index (χ0) is 15.9. The van der Waals surface area contributed by atoms with Gasteiger partial charge in [-0.3, -0.25) is 9.78 Å². The summed E-state index contributed by atoms with van der Waals surface area (Å²) in [6.45, 7) is 0.331. The molecule has 5 nitrogen and oxygen atoms in total. The van der Waals surface area contributed by atoms with Gasteiger partial charge in [0.15, 0.2) is 0 Å². The number of nitrogens with one attached hydrogen (secondary N) is 1. The molecule has 0 radical (unpaired) electrons. The maximum Gasteiger partial charge on any atom is 0.251 e. The molecule has 0 bridgehead atoms. The van der Waals surface area contributed by atoms with Gasteiger partial charge in [-0.15, -0.1) is 0 Å².